The molecule has 0 aromatic heterocycles. The standard InChI is InChI=1S/C16H20N2O3/c17-13-5-1-3-11(9-13)7-8-15(19)18-14-6-2-4-12(10-14)16(20)21/h1,3,5,7-9,12,14H,2,4,6,10,17H2,(H,18,19)(H,20,21)/b8-7+. The summed E-state index contributed by atoms with van der Waals surface area (Å²) in [5.74, 6) is -1.32. The summed E-state index contributed by atoms with van der Waals surface area (Å²) in [7, 11) is 0. The Kier molecular flexibility index (Phi) is 4.98. The van der Waals surface area contributed by atoms with Crippen molar-refractivity contribution in [2.75, 3.05) is 5.73 Å². The average molecular weight is 288 g/mol. The molecule has 2 unspecified atom stereocenters. The van der Waals surface area contributed by atoms with Crippen LogP contribution in [-0.4, -0.2) is 23.0 Å². The highest BCUT2D eigenvalue weighted by Gasteiger charge is 2.27. The molecule has 0 saturated heterocycles. The lowest BCUT2D eigenvalue weighted by molar-refractivity contribution is -0.143. The molecule has 1 saturated carbocycles. The van der Waals surface area contributed by atoms with Gasteiger partial charge in [-0.15, -0.1) is 0 Å². The number of carboxylic acid groups (broad SMARTS) is 1. The molecule has 0 radical (unpaired) electrons. The number of carbonyl (C=O) groups excluding carboxylic acids is 1. The van der Waals surface area contributed by atoms with E-state index in [2.05, 4.69) is 5.32 Å². The number of benzene rings is 1. The molecule has 1 aliphatic rings. The van der Waals surface area contributed by atoms with Gasteiger partial charge >= 0.3 is 5.97 Å². The first-order valence-corrected chi connectivity index (χ1v) is 7.11. The molecule has 2 rings (SSSR count). The van der Waals surface area contributed by atoms with Gasteiger partial charge in [0, 0.05) is 17.8 Å². The number of anilines is 1. The van der Waals surface area contributed by atoms with Crippen LogP contribution in [-0.2, 0) is 9.59 Å². The second kappa shape index (κ2) is 6.92. The highest BCUT2D eigenvalue weighted by molar-refractivity contribution is 5.92. The molecule has 1 fully saturated rings. The molecule has 0 bridgehead atoms. The number of hydrogen-bond acceptors (Lipinski definition) is 3. The Morgan fingerprint density at radius 3 is 2.86 bits per heavy atom. The van der Waals surface area contributed by atoms with E-state index in [0.717, 1.165) is 18.4 Å². The third kappa shape index (κ3) is 4.63. The molecular formula is C16H20N2O3. The van der Waals surface area contributed by atoms with Gasteiger partial charge in [0.1, 0.15) is 0 Å². The monoisotopic (exact) mass is 288 g/mol. The van der Waals surface area contributed by atoms with Crippen LogP contribution in [0.3, 0.4) is 0 Å². The summed E-state index contributed by atoms with van der Waals surface area (Å²) in [6.07, 6.45) is 6.03. The Labute approximate surface area is 123 Å². The lowest BCUT2D eigenvalue weighted by atomic mass is 9.86. The van der Waals surface area contributed by atoms with E-state index >= 15 is 0 Å². The van der Waals surface area contributed by atoms with Gasteiger partial charge in [0.25, 0.3) is 0 Å². The topological polar surface area (TPSA) is 92.4 Å². The maximum Gasteiger partial charge on any atom is 0.306 e. The van der Waals surface area contributed by atoms with Crippen molar-refractivity contribution in [3.8, 4) is 0 Å². The number of hydrogen-bond donors (Lipinski definition) is 3. The zero-order valence-corrected chi connectivity index (χ0v) is 11.8. The Morgan fingerprint density at radius 1 is 1.33 bits per heavy atom. The van der Waals surface area contributed by atoms with E-state index in [9.17, 15) is 9.59 Å². The van der Waals surface area contributed by atoms with Gasteiger partial charge in [-0.05, 0) is 43.0 Å². The summed E-state index contributed by atoms with van der Waals surface area (Å²) in [5.41, 5.74) is 7.17. The van der Waals surface area contributed by atoms with Crippen LogP contribution in [0.4, 0.5) is 5.69 Å². The molecule has 4 N–H and O–H groups in total. The Hall–Kier alpha value is -2.30. The highest BCUT2D eigenvalue weighted by Crippen LogP contribution is 2.24. The summed E-state index contributed by atoms with van der Waals surface area (Å²) >= 11 is 0. The predicted octanol–water partition coefficient (Wildman–Crippen LogP) is 2.04. The lowest BCUT2D eigenvalue weighted by Gasteiger charge is -2.26. The quantitative estimate of drug-likeness (QED) is 0.584. The van der Waals surface area contributed by atoms with Crippen molar-refractivity contribution < 1.29 is 14.7 Å². The van der Waals surface area contributed by atoms with E-state index in [1.54, 1.807) is 18.2 Å². The van der Waals surface area contributed by atoms with E-state index in [4.69, 9.17) is 10.8 Å². The molecule has 21 heavy (non-hydrogen) atoms. The summed E-state index contributed by atoms with van der Waals surface area (Å²) in [6.45, 7) is 0. The molecule has 0 heterocycles. The SMILES string of the molecule is Nc1cccc(/C=C/C(=O)NC2CCCC(C(=O)O)C2)c1. The Morgan fingerprint density at radius 2 is 2.14 bits per heavy atom. The van der Waals surface area contributed by atoms with Gasteiger partial charge in [0.2, 0.25) is 5.91 Å². The number of nitrogen functional groups attached to an aromatic ring is 1. The van der Waals surface area contributed by atoms with Crippen molar-refractivity contribution >= 4 is 23.6 Å². The molecule has 1 amide bonds. The Bertz CT molecular complexity index is 554. The highest BCUT2D eigenvalue weighted by atomic mass is 16.4. The van der Waals surface area contributed by atoms with E-state index < -0.39 is 5.97 Å². The number of aliphatic carboxylic acids is 1. The fourth-order valence-corrected chi connectivity index (χ4v) is 2.63. The van der Waals surface area contributed by atoms with Crippen LogP contribution in [0.5, 0.6) is 0 Å². The molecule has 5 nitrogen and oxygen atoms in total. The Balaban J connectivity index is 1.88. The zero-order chi connectivity index (χ0) is 15.2. The number of carboxylic acids is 1. The second-order valence-corrected chi connectivity index (χ2v) is 5.41. The zero-order valence-electron chi connectivity index (χ0n) is 11.8. The first kappa shape index (κ1) is 15.1. The molecule has 5 heteroatoms. The number of amides is 1. The summed E-state index contributed by atoms with van der Waals surface area (Å²) < 4.78 is 0. The molecule has 2 atom stereocenters. The fourth-order valence-electron chi connectivity index (χ4n) is 2.63. The van der Waals surface area contributed by atoms with Crippen molar-refractivity contribution in [2.45, 2.75) is 31.7 Å². The molecule has 0 spiro atoms. The van der Waals surface area contributed by atoms with Crippen LogP contribution in [0.2, 0.25) is 0 Å². The summed E-state index contributed by atoms with van der Waals surface area (Å²) in [4.78, 5) is 22.9. The lowest BCUT2D eigenvalue weighted by Crippen LogP contribution is -2.39. The third-order valence-corrected chi connectivity index (χ3v) is 3.71. The predicted molar refractivity (Wildman–Crippen MR) is 81.4 cm³/mol. The molecule has 1 aromatic rings. The van der Waals surface area contributed by atoms with Crippen LogP contribution in [0, 0.1) is 5.92 Å². The van der Waals surface area contributed by atoms with E-state index in [0.29, 0.717) is 18.5 Å². The van der Waals surface area contributed by atoms with Crippen LogP contribution in [0.25, 0.3) is 6.08 Å². The number of carbonyl (C=O) groups is 2. The van der Waals surface area contributed by atoms with Crippen molar-refractivity contribution in [3.63, 3.8) is 0 Å². The fraction of sp³-hybridized carbons (Fsp3) is 0.375. The van der Waals surface area contributed by atoms with Gasteiger partial charge in [-0.1, -0.05) is 18.6 Å². The largest absolute Gasteiger partial charge is 0.481 e. The smallest absolute Gasteiger partial charge is 0.306 e. The average Bonchev–Trinajstić information content (AvgIpc) is 2.45. The molecule has 112 valence electrons. The molecule has 0 aliphatic heterocycles. The first-order valence-electron chi connectivity index (χ1n) is 7.11. The van der Waals surface area contributed by atoms with Gasteiger partial charge in [0.15, 0.2) is 0 Å². The van der Waals surface area contributed by atoms with Gasteiger partial charge in [-0.3, -0.25) is 9.59 Å². The third-order valence-electron chi connectivity index (χ3n) is 3.71. The summed E-state index contributed by atoms with van der Waals surface area (Å²) in [5, 5.41) is 11.9. The van der Waals surface area contributed by atoms with Crippen molar-refractivity contribution in [3.05, 3.63) is 35.9 Å². The minimum atomic E-state index is -0.774. The number of nitrogens with two attached hydrogens (primary N) is 1. The molecule has 1 aliphatic carbocycles. The van der Waals surface area contributed by atoms with Crippen LogP contribution in [0.1, 0.15) is 31.2 Å². The van der Waals surface area contributed by atoms with Gasteiger partial charge < -0.3 is 16.2 Å². The van der Waals surface area contributed by atoms with Crippen LogP contribution in [0.15, 0.2) is 30.3 Å². The minimum absolute atomic E-state index is 0.0576. The van der Waals surface area contributed by atoms with Crippen LogP contribution >= 0.6 is 0 Å². The van der Waals surface area contributed by atoms with E-state index in [1.807, 2.05) is 12.1 Å². The number of nitrogens with one attached hydrogen (secondary N) is 1. The van der Waals surface area contributed by atoms with Crippen molar-refractivity contribution in [1.29, 1.82) is 0 Å². The minimum Gasteiger partial charge on any atom is -0.481 e. The van der Waals surface area contributed by atoms with Gasteiger partial charge in [-0.2, -0.15) is 0 Å². The van der Waals surface area contributed by atoms with Crippen LogP contribution < -0.4 is 11.1 Å². The van der Waals surface area contributed by atoms with Gasteiger partial charge in [0.05, 0.1) is 5.92 Å². The second-order valence-electron chi connectivity index (χ2n) is 5.41. The van der Waals surface area contributed by atoms with Crippen molar-refractivity contribution in [1.82, 2.24) is 5.32 Å². The maximum absolute atomic E-state index is 11.9. The number of rotatable bonds is 4. The van der Waals surface area contributed by atoms with E-state index in [1.165, 1.54) is 6.08 Å². The summed E-state index contributed by atoms with van der Waals surface area (Å²) in [6, 6.07) is 7.20. The maximum atomic E-state index is 11.9. The van der Waals surface area contributed by atoms with Crippen molar-refractivity contribution in [2.24, 2.45) is 5.92 Å². The molecular weight excluding hydrogens is 268 g/mol. The first-order chi connectivity index (χ1) is 10.0. The molecule has 1 aromatic carbocycles. The normalized spacial score (nSPS) is 22.1. The van der Waals surface area contributed by atoms with E-state index in [-0.39, 0.29) is 17.9 Å². The van der Waals surface area contributed by atoms with Gasteiger partial charge in [-0.25, -0.2) is 0 Å².